The van der Waals surface area contributed by atoms with Crippen LogP contribution in [-0.4, -0.2) is 9.55 Å². The molecule has 0 aliphatic heterocycles. The highest BCUT2D eigenvalue weighted by atomic mass is 15.1. The Morgan fingerprint density at radius 3 is 2.94 bits per heavy atom. The van der Waals surface area contributed by atoms with Crippen molar-refractivity contribution >= 4 is 11.0 Å². The fraction of sp³-hybridized carbons (Fsp3) is 0.385. The Morgan fingerprint density at radius 2 is 2.25 bits per heavy atom. The van der Waals surface area contributed by atoms with Gasteiger partial charge in [0.2, 0.25) is 0 Å². The average molecular weight is 213 g/mol. The quantitative estimate of drug-likeness (QED) is 0.786. The largest absolute Gasteiger partial charge is 0.328 e. The molecule has 1 heterocycles. The minimum absolute atomic E-state index is 0.426. The molecule has 0 aliphatic carbocycles. The molecule has 1 aromatic carbocycles. The maximum Gasteiger partial charge on any atom is 0.0960 e. The summed E-state index contributed by atoms with van der Waals surface area (Å²) in [6.45, 7) is 4.29. The van der Waals surface area contributed by atoms with Gasteiger partial charge in [0.25, 0.3) is 0 Å². The third-order valence-corrected chi connectivity index (χ3v) is 2.72. The zero-order valence-corrected chi connectivity index (χ0v) is 9.64. The Bertz CT molecular complexity index is 532. The molecule has 0 fully saturated rings. The molecule has 3 nitrogen and oxygen atoms in total. The first-order valence-electron chi connectivity index (χ1n) is 5.55. The lowest BCUT2D eigenvalue weighted by Gasteiger charge is -2.07. The molecule has 0 spiro atoms. The number of nitriles is 1. The number of hydrogen-bond donors (Lipinski definition) is 0. The summed E-state index contributed by atoms with van der Waals surface area (Å²) in [5, 5.41) is 8.55. The third kappa shape index (κ3) is 1.92. The van der Waals surface area contributed by atoms with Gasteiger partial charge in [-0.25, -0.2) is 4.98 Å². The molecule has 0 N–H and O–H groups in total. The molecule has 0 atom stereocenters. The van der Waals surface area contributed by atoms with Crippen LogP contribution < -0.4 is 0 Å². The van der Waals surface area contributed by atoms with E-state index in [1.54, 1.807) is 0 Å². The van der Waals surface area contributed by atoms with Gasteiger partial charge in [0.15, 0.2) is 0 Å². The Kier molecular flexibility index (Phi) is 2.91. The van der Waals surface area contributed by atoms with Crippen LogP contribution in [-0.2, 0) is 6.42 Å². The van der Waals surface area contributed by atoms with Crippen molar-refractivity contribution in [3.05, 3.63) is 30.1 Å². The minimum Gasteiger partial charge on any atom is -0.328 e. The smallest absolute Gasteiger partial charge is 0.0960 e. The van der Waals surface area contributed by atoms with Crippen molar-refractivity contribution in [2.75, 3.05) is 0 Å². The van der Waals surface area contributed by atoms with E-state index in [1.165, 1.54) is 5.56 Å². The molecular weight excluding hydrogens is 198 g/mol. The second-order valence-corrected chi connectivity index (χ2v) is 4.23. The van der Waals surface area contributed by atoms with E-state index in [1.807, 2.05) is 6.33 Å². The lowest BCUT2D eigenvalue weighted by Crippen LogP contribution is -1.97. The van der Waals surface area contributed by atoms with E-state index < -0.39 is 0 Å². The molecular formula is C13H15N3. The molecule has 0 amide bonds. The summed E-state index contributed by atoms with van der Waals surface area (Å²) < 4.78 is 2.16. The molecule has 0 bridgehead atoms. The maximum atomic E-state index is 8.55. The highest BCUT2D eigenvalue weighted by Crippen LogP contribution is 2.19. The summed E-state index contributed by atoms with van der Waals surface area (Å²) in [7, 11) is 0. The molecule has 0 saturated carbocycles. The van der Waals surface area contributed by atoms with Gasteiger partial charge < -0.3 is 4.57 Å². The van der Waals surface area contributed by atoms with Crippen molar-refractivity contribution in [3.8, 4) is 6.07 Å². The van der Waals surface area contributed by atoms with Crippen molar-refractivity contribution in [2.24, 2.45) is 0 Å². The van der Waals surface area contributed by atoms with E-state index in [-0.39, 0.29) is 0 Å². The lowest BCUT2D eigenvalue weighted by molar-refractivity contribution is 0.617. The highest BCUT2D eigenvalue weighted by Gasteiger charge is 2.05. The zero-order chi connectivity index (χ0) is 11.5. The fourth-order valence-electron chi connectivity index (χ4n) is 1.84. The molecule has 0 saturated heterocycles. The standard InChI is InChI=1S/C13H15N3/c1-10(2)16-9-15-12-8-11(4-3-7-14)5-6-13(12)16/h5-6,8-10H,3-4H2,1-2H3. The molecule has 2 rings (SSSR count). The van der Waals surface area contributed by atoms with Crippen molar-refractivity contribution in [2.45, 2.75) is 32.7 Å². The second-order valence-electron chi connectivity index (χ2n) is 4.23. The van der Waals surface area contributed by atoms with Gasteiger partial charge in [0, 0.05) is 12.5 Å². The van der Waals surface area contributed by atoms with E-state index in [9.17, 15) is 0 Å². The molecule has 0 unspecified atom stereocenters. The van der Waals surface area contributed by atoms with Crippen LogP contribution in [0.5, 0.6) is 0 Å². The Hall–Kier alpha value is -1.82. The van der Waals surface area contributed by atoms with Gasteiger partial charge in [-0.3, -0.25) is 0 Å². The van der Waals surface area contributed by atoms with E-state index >= 15 is 0 Å². The normalized spacial score (nSPS) is 10.9. The first-order chi connectivity index (χ1) is 7.72. The number of rotatable bonds is 3. The van der Waals surface area contributed by atoms with Crippen LogP contribution in [0.25, 0.3) is 11.0 Å². The van der Waals surface area contributed by atoms with Crippen LogP contribution in [0.15, 0.2) is 24.5 Å². The number of hydrogen-bond acceptors (Lipinski definition) is 2. The van der Waals surface area contributed by atoms with Crippen LogP contribution in [0.4, 0.5) is 0 Å². The van der Waals surface area contributed by atoms with E-state index in [0.29, 0.717) is 12.5 Å². The Labute approximate surface area is 95.3 Å². The second kappa shape index (κ2) is 4.36. The Balaban J connectivity index is 2.38. The number of fused-ring (bicyclic) bond motifs is 1. The molecule has 2 aromatic rings. The van der Waals surface area contributed by atoms with Crippen molar-refractivity contribution in [1.29, 1.82) is 5.26 Å². The van der Waals surface area contributed by atoms with Gasteiger partial charge in [0.05, 0.1) is 23.4 Å². The summed E-state index contributed by atoms with van der Waals surface area (Å²) in [6.07, 6.45) is 3.25. The summed E-state index contributed by atoms with van der Waals surface area (Å²) in [5.41, 5.74) is 3.36. The van der Waals surface area contributed by atoms with E-state index in [0.717, 1.165) is 17.5 Å². The molecule has 3 heteroatoms. The highest BCUT2D eigenvalue weighted by molar-refractivity contribution is 5.76. The summed E-state index contributed by atoms with van der Waals surface area (Å²) in [5.74, 6) is 0. The molecule has 0 aliphatic rings. The topological polar surface area (TPSA) is 41.6 Å². The molecule has 1 aromatic heterocycles. The molecule has 0 radical (unpaired) electrons. The van der Waals surface area contributed by atoms with E-state index in [2.05, 4.69) is 47.7 Å². The number of benzene rings is 1. The Morgan fingerprint density at radius 1 is 1.44 bits per heavy atom. The number of nitrogens with zero attached hydrogens (tertiary/aromatic N) is 3. The number of aryl methyl sites for hydroxylation is 1. The SMILES string of the molecule is CC(C)n1cnc2cc(CCC#N)ccc21. The average Bonchev–Trinajstić information content (AvgIpc) is 2.69. The number of imidazole rings is 1. The van der Waals surface area contributed by atoms with Gasteiger partial charge in [-0.15, -0.1) is 0 Å². The predicted molar refractivity (Wildman–Crippen MR) is 64.1 cm³/mol. The molecule has 16 heavy (non-hydrogen) atoms. The first kappa shape index (κ1) is 10.7. The third-order valence-electron chi connectivity index (χ3n) is 2.72. The van der Waals surface area contributed by atoms with Gasteiger partial charge in [-0.1, -0.05) is 6.07 Å². The number of aromatic nitrogens is 2. The lowest BCUT2D eigenvalue weighted by atomic mass is 10.1. The van der Waals surface area contributed by atoms with Gasteiger partial charge >= 0.3 is 0 Å². The van der Waals surface area contributed by atoms with E-state index in [4.69, 9.17) is 5.26 Å². The zero-order valence-electron chi connectivity index (χ0n) is 9.64. The van der Waals surface area contributed by atoms with Gasteiger partial charge in [-0.05, 0) is 38.0 Å². The van der Waals surface area contributed by atoms with Gasteiger partial charge in [-0.2, -0.15) is 5.26 Å². The van der Waals surface area contributed by atoms with Crippen LogP contribution in [0.2, 0.25) is 0 Å². The van der Waals surface area contributed by atoms with Crippen LogP contribution in [0.3, 0.4) is 0 Å². The van der Waals surface area contributed by atoms with Crippen molar-refractivity contribution in [3.63, 3.8) is 0 Å². The maximum absolute atomic E-state index is 8.55. The van der Waals surface area contributed by atoms with Crippen LogP contribution in [0, 0.1) is 11.3 Å². The van der Waals surface area contributed by atoms with Crippen LogP contribution >= 0.6 is 0 Å². The summed E-state index contributed by atoms with van der Waals surface area (Å²) in [6, 6.07) is 8.84. The predicted octanol–water partition coefficient (Wildman–Crippen LogP) is 3.07. The summed E-state index contributed by atoms with van der Waals surface area (Å²) in [4.78, 5) is 4.39. The van der Waals surface area contributed by atoms with Gasteiger partial charge in [0.1, 0.15) is 0 Å². The van der Waals surface area contributed by atoms with Crippen molar-refractivity contribution in [1.82, 2.24) is 9.55 Å². The first-order valence-corrected chi connectivity index (χ1v) is 5.55. The molecule has 82 valence electrons. The minimum atomic E-state index is 0.426. The summed E-state index contributed by atoms with van der Waals surface area (Å²) >= 11 is 0. The monoisotopic (exact) mass is 213 g/mol. The fourth-order valence-corrected chi connectivity index (χ4v) is 1.84. The van der Waals surface area contributed by atoms with Crippen LogP contribution in [0.1, 0.15) is 31.9 Å². The van der Waals surface area contributed by atoms with Crippen molar-refractivity contribution < 1.29 is 0 Å².